The number of imidazole rings is 1. The van der Waals surface area contributed by atoms with Crippen LogP contribution in [0.4, 0.5) is 0 Å². The van der Waals surface area contributed by atoms with Crippen LogP contribution in [0, 0.1) is 0 Å². The highest BCUT2D eigenvalue weighted by Gasteiger charge is 2.15. The van der Waals surface area contributed by atoms with Crippen LogP contribution in [0.3, 0.4) is 0 Å². The number of benzene rings is 1. The summed E-state index contributed by atoms with van der Waals surface area (Å²) in [6, 6.07) is 11.9. The van der Waals surface area contributed by atoms with E-state index in [9.17, 15) is 0 Å². The number of para-hydroxylation sites is 1. The van der Waals surface area contributed by atoms with Crippen LogP contribution >= 0.6 is 11.6 Å². The van der Waals surface area contributed by atoms with Gasteiger partial charge in [0.2, 0.25) is 5.88 Å². The number of nitrogens with zero attached hydrogens (tertiary/aromatic N) is 3. The summed E-state index contributed by atoms with van der Waals surface area (Å²) >= 11 is 6.08. The zero-order valence-electron chi connectivity index (χ0n) is 12.0. The summed E-state index contributed by atoms with van der Waals surface area (Å²) in [4.78, 5) is 9.10. The molecule has 108 valence electrons. The van der Waals surface area contributed by atoms with Crippen molar-refractivity contribution in [3.05, 3.63) is 47.8 Å². The molecule has 0 amide bonds. The van der Waals surface area contributed by atoms with Crippen LogP contribution < -0.4 is 4.74 Å². The molecule has 1 aromatic carbocycles. The number of fused-ring (bicyclic) bond motifs is 1. The number of aryl methyl sites for hydroxylation is 1. The molecule has 0 saturated carbocycles. The second-order valence-electron chi connectivity index (χ2n) is 4.68. The maximum atomic E-state index is 6.08. The van der Waals surface area contributed by atoms with Crippen LogP contribution in [0.25, 0.3) is 16.9 Å². The molecule has 4 nitrogen and oxygen atoms in total. The molecule has 0 N–H and O–H groups in total. The molecule has 0 fully saturated rings. The van der Waals surface area contributed by atoms with E-state index in [2.05, 4.69) is 29.0 Å². The summed E-state index contributed by atoms with van der Waals surface area (Å²) in [6.07, 6.45) is 0.932. The Balaban J connectivity index is 2.33. The van der Waals surface area contributed by atoms with Gasteiger partial charge in [-0.1, -0.05) is 25.1 Å². The van der Waals surface area contributed by atoms with Crippen molar-refractivity contribution in [2.24, 2.45) is 0 Å². The first-order valence-electron chi connectivity index (χ1n) is 6.85. The van der Waals surface area contributed by atoms with Gasteiger partial charge in [-0.2, -0.15) is 4.98 Å². The lowest BCUT2D eigenvalue weighted by molar-refractivity contribution is 0.399. The van der Waals surface area contributed by atoms with Gasteiger partial charge >= 0.3 is 0 Å². The van der Waals surface area contributed by atoms with Crippen LogP contribution in [0.2, 0.25) is 0 Å². The minimum Gasteiger partial charge on any atom is -0.481 e. The average molecular weight is 302 g/mol. The van der Waals surface area contributed by atoms with Crippen molar-refractivity contribution in [2.75, 3.05) is 7.11 Å². The van der Waals surface area contributed by atoms with Crippen LogP contribution in [-0.4, -0.2) is 21.6 Å². The van der Waals surface area contributed by atoms with E-state index < -0.39 is 0 Å². The maximum Gasteiger partial charge on any atom is 0.215 e. The molecule has 5 heteroatoms. The van der Waals surface area contributed by atoms with Crippen molar-refractivity contribution >= 4 is 22.8 Å². The first-order valence-corrected chi connectivity index (χ1v) is 7.38. The van der Waals surface area contributed by atoms with Crippen molar-refractivity contribution in [1.29, 1.82) is 0 Å². The molecule has 2 heterocycles. The molecule has 0 aliphatic rings. The molecular formula is C16H16ClN3O. The van der Waals surface area contributed by atoms with Gasteiger partial charge in [0.15, 0.2) is 5.65 Å². The van der Waals surface area contributed by atoms with Crippen molar-refractivity contribution < 1.29 is 4.74 Å². The van der Waals surface area contributed by atoms with Crippen LogP contribution in [0.15, 0.2) is 36.4 Å². The minimum absolute atomic E-state index is 0.330. The number of halogens is 1. The lowest BCUT2D eigenvalue weighted by Gasteiger charge is -2.12. The Morgan fingerprint density at radius 3 is 2.67 bits per heavy atom. The number of rotatable bonds is 4. The zero-order chi connectivity index (χ0) is 14.8. The number of pyridine rings is 1. The Labute approximate surface area is 128 Å². The third-order valence-corrected chi connectivity index (χ3v) is 3.73. The van der Waals surface area contributed by atoms with Crippen LogP contribution in [-0.2, 0) is 12.3 Å². The van der Waals surface area contributed by atoms with Gasteiger partial charge in [0.05, 0.1) is 18.7 Å². The summed E-state index contributed by atoms with van der Waals surface area (Å²) in [6.45, 7) is 2.13. The number of hydrogen-bond acceptors (Lipinski definition) is 3. The molecule has 3 rings (SSSR count). The SMILES string of the molecule is CCc1ccccc1-n1c(CCl)nc2ccc(OC)nc21. The van der Waals surface area contributed by atoms with E-state index in [1.54, 1.807) is 7.11 Å². The second kappa shape index (κ2) is 5.74. The third-order valence-electron chi connectivity index (χ3n) is 3.49. The highest BCUT2D eigenvalue weighted by molar-refractivity contribution is 6.16. The monoisotopic (exact) mass is 301 g/mol. The minimum atomic E-state index is 0.330. The van der Waals surface area contributed by atoms with E-state index in [0.29, 0.717) is 11.8 Å². The molecular weight excluding hydrogens is 286 g/mol. The average Bonchev–Trinajstić information content (AvgIpc) is 2.92. The Hall–Kier alpha value is -2.07. The Kier molecular flexibility index (Phi) is 3.80. The molecule has 0 unspecified atom stereocenters. The standard InChI is InChI=1S/C16H16ClN3O/c1-3-11-6-4-5-7-13(11)20-14(10-17)18-12-8-9-15(21-2)19-16(12)20/h4-9H,3,10H2,1-2H3. The maximum absolute atomic E-state index is 6.08. The molecule has 0 saturated heterocycles. The number of aromatic nitrogens is 3. The molecule has 0 aliphatic carbocycles. The van der Waals surface area contributed by atoms with E-state index in [-0.39, 0.29) is 0 Å². The second-order valence-corrected chi connectivity index (χ2v) is 4.94. The first kappa shape index (κ1) is 13.9. The van der Waals surface area contributed by atoms with Gasteiger partial charge in [-0.15, -0.1) is 11.6 Å². The van der Waals surface area contributed by atoms with Crippen molar-refractivity contribution in [3.8, 4) is 11.6 Å². The summed E-state index contributed by atoms with van der Waals surface area (Å²) in [5.74, 6) is 1.68. The number of methoxy groups -OCH3 is 1. The molecule has 0 radical (unpaired) electrons. The fourth-order valence-corrected chi connectivity index (χ4v) is 2.65. The number of ether oxygens (including phenoxy) is 1. The lowest BCUT2D eigenvalue weighted by atomic mass is 10.1. The van der Waals surface area contributed by atoms with E-state index >= 15 is 0 Å². The van der Waals surface area contributed by atoms with E-state index in [0.717, 1.165) is 29.1 Å². The van der Waals surface area contributed by atoms with Gasteiger partial charge in [0, 0.05) is 6.07 Å². The Morgan fingerprint density at radius 2 is 1.95 bits per heavy atom. The van der Waals surface area contributed by atoms with Gasteiger partial charge in [-0.3, -0.25) is 4.57 Å². The van der Waals surface area contributed by atoms with Gasteiger partial charge in [-0.25, -0.2) is 4.98 Å². The van der Waals surface area contributed by atoms with Gasteiger partial charge in [0.25, 0.3) is 0 Å². The van der Waals surface area contributed by atoms with E-state index in [1.165, 1.54) is 5.56 Å². The van der Waals surface area contributed by atoms with Crippen molar-refractivity contribution in [1.82, 2.24) is 14.5 Å². The predicted molar refractivity (Wildman–Crippen MR) is 84.4 cm³/mol. The lowest BCUT2D eigenvalue weighted by Crippen LogP contribution is -2.04. The summed E-state index contributed by atoms with van der Waals surface area (Å²) in [7, 11) is 1.61. The van der Waals surface area contributed by atoms with Crippen molar-refractivity contribution in [3.63, 3.8) is 0 Å². The topological polar surface area (TPSA) is 39.9 Å². The highest BCUT2D eigenvalue weighted by atomic mass is 35.5. The number of hydrogen-bond donors (Lipinski definition) is 0. The largest absolute Gasteiger partial charge is 0.481 e. The highest BCUT2D eigenvalue weighted by Crippen LogP contribution is 2.25. The fraction of sp³-hybridized carbons (Fsp3) is 0.250. The first-order chi connectivity index (χ1) is 10.3. The molecule has 0 aliphatic heterocycles. The summed E-state index contributed by atoms with van der Waals surface area (Å²) in [5.41, 5.74) is 3.88. The summed E-state index contributed by atoms with van der Waals surface area (Å²) < 4.78 is 7.24. The zero-order valence-corrected chi connectivity index (χ0v) is 12.8. The molecule has 21 heavy (non-hydrogen) atoms. The van der Waals surface area contributed by atoms with Crippen molar-refractivity contribution in [2.45, 2.75) is 19.2 Å². The third kappa shape index (κ3) is 2.36. The quantitative estimate of drug-likeness (QED) is 0.689. The van der Waals surface area contributed by atoms with Gasteiger partial charge in [0.1, 0.15) is 11.3 Å². The molecule has 2 aromatic heterocycles. The molecule has 0 spiro atoms. The molecule has 3 aromatic rings. The molecule has 0 atom stereocenters. The normalized spacial score (nSPS) is 11.0. The smallest absolute Gasteiger partial charge is 0.215 e. The Morgan fingerprint density at radius 1 is 1.14 bits per heavy atom. The van der Waals surface area contributed by atoms with E-state index in [4.69, 9.17) is 16.3 Å². The van der Waals surface area contributed by atoms with Crippen LogP contribution in [0.5, 0.6) is 5.88 Å². The van der Waals surface area contributed by atoms with Gasteiger partial charge < -0.3 is 4.74 Å². The molecule has 0 bridgehead atoms. The predicted octanol–water partition coefficient (Wildman–Crippen LogP) is 3.73. The van der Waals surface area contributed by atoms with Gasteiger partial charge in [-0.05, 0) is 24.1 Å². The number of alkyl halides is 1. The van der Waals surface area contributed by atoms with E-state index in [1.807, 2.05) is 28.8 Å². The Bertz CT molecular complexity index is 782. The van der Waals surface area contributed by atoms with Crippen LogP contribution in [0.1, 0.15) is 18.3 Å². The fourth-order valence-electron chi connectivity index (χ4n) is 2.47. The summed E-state index contributed by atoms with van der Waals surface area (Å²) in [5, 5.41) is 0.